The number of hydrogen-bond acceptors (Lipinski definition) is 3. The topological polar surface area (TPSA) is 63.4 Å². The van der Waals surface area contributed by atoms with Crippen molar-refractivity contribution in [2.24, 2.45) is 0 Å². The van der Waals surface area contributed by atoms with Crippen LogP contribution in [0.25, 0.3) is 0 Å². The van der Waals surface area contributed by atoms with E-state index in [4.69, 9.17) is 17.3 Å². The fraction of sp³-hybridized carbons (Fsp3) is 0.385. The van der Waals surface area contributed by atoms with Crippen LogP contribution in [0, 0.1) is 6.92 Å². The van der Waals surface area contributed by atoms with Crippen molar-refractivity contribution in [3.8, 4) is 0 Å². The van der Waals surface area contributed by atoms with Crippen LogP contribution in [0.3, 0.4) is 0 Å². The van der Waals surface area contributed by atoms with Gasteiger partial charge in [0.25, 0.3) is 0 Å². The van der Waals surface area contributed by atoms with Crippen molar-refractivity contribution in [2.75, 3.05) is 18.8 Å². The third kappa shape index (κ3) is 2.78. The highest BCUT2D eigenvalue weighted by Gasteiger charge is 2.26. The summed E-state index contributed by atoms with van der Waals surface area (Å²) >= 11 is 5.96. The molecule has 0 aliphatic carbocycles. The molecule has 0 unspecified atom stereocenters. The summed E-state index contributed by atoms with van der Waals surface area (Å²) in [5.41, 5.74) is 7.93. The Morgan fingerprint density at radius 3 is 2.53 bits per heavy atom. The van der Waals surface area contributed by atoms with Gasteiger partial charge in [-0.15, -0.1) is 0 Å². The maximum Gasteiger partial charge on any atom is 0.243 e. The van der Waals surface area contributed by atoms with E-state index >= 15 is 0 Å². The molecule has 0 amide bonds. The second-order valence-corrected chi connectivity index (χ2v) is 7.12. The molecule has 19 heavy (non-hydrogen) atoms. The predicted octanol–water partition coefficient (Wildman–Crippen LogP) is 2.57. The minimum atomic E-state index is -3.50. The Kier molecular flexibility index (Phi) is 3.90. The van der Waals surface area contributed by atoms with Gasteiger partial charge in [0.05, 0.1) is 15.6 Å². The number of nitrogens with zero attached hydrogens (tertiary/aromatic N) is 1. The molecule has 1 aromatic rings. The molecule has 4 nitrogen and oxygen atoms in total. The van der Waals surface area contributed by atoms with Crippen molar-refractivity contribution < 1.29 is 8.42 Å². The average molecular weight is 301 g/mol. The van der Waals surface area contributed by atoms with E-state index in [-0.39, 0.29) is 4.90 Å². The summed E-state index contributed by atoms with van der Waals surface area (Å²) in [6.07, 6.45) is 2.70. The molecular formula is C13H17ClN2O2S. The molecule has 2 N–H and O–H groups in total. The van der Waals surface area contributed by atoms with Crippen molar-refractivity contribution in [1.29, 1.82) is 0 Å². The molecule has 0 spiro atoms. The molecule has 0 atom stereocenters. The lowest BCUT2D eigenvalue weighted by Gasteiger charge is -2.25. The van der Waals surface area contributed by atoms with Crippen LogP contribution in [0.2, 0.25) is 5.02 Å². The second kappa shape index (κ2) is 5.15. The molecule has 0 saturated heterocycles. The molecule has 0 saturated carbocycles. The molecule has 0 radical (unpaired) electrons. The molecule has 1 aromatic carbocycles. The fourth-order valence-corrected chi connectivity index (χ4v) is 3.64. The highest BCUT2D eigenvalue weighted by Crippen LogP contribution is 2.29. The Labute approximate surface area is 118 Å². The highest BCUT2D eigenvalue weighted by molar-refractivity contribution is 7.89. The van der Waals surface area contributed by atoms with E-state index in [2.05, 4.69) is 0 Å². The van der Waals surface area contributed by atoms with E-state index in [0.717, 1.165) is 6.42 Å². The van der Waals surface area contributed by atoms with Gasteiger partial charge in [-0.3, -0.25) is 0 Å². The van der Waals surface area contributed by atoms with Crippen LogP contribution in [0.15, 0.2) is 28.7 Å². The number of halogens is 1. The number of sulfonamides is 1. The van der Waals surface area contributed by atoms with Gasteiger partial charge in [-0.1, -0.05) is 23.3 Å². The Bertz CT molecular complexity index is 615. The molecule has 1 heterocycles. The molecule has 0 aromatic heterocycles. The summed E-state index contributed by atoms with van der Waals surface area (Å²) in [6, 6.07) is 3.00. The molecular weight excluding hydrogens is 284 g/mol. The normalized spacial score (nSPS) is 17.3. The number of rotatable bonds is 2. The van der Waals surface area contributed by atoms with Gasteiger partial charge >= 0.3 is 0 Å². The zero-order valence-corrected chi connectivity index (χ0v) is 12.6. The first-order valence-electron chi connectivity index (χ1n) is 6.04. The Morgan fingerprint density at radius 1 is 1.32 bits per heavy atom. The number of anilines is 1. The molecule has 0 fully saturated rings. The smallest absolute Gasteiger partial charge is 0.243 e. The first-order chi connectivity index (χ1) is 8.82. The summed E-state index contributed by atoms with van der Waals surface area (Å²) < 4.78 is 26.5. The van der Waals surface area contributed by atoms with Crippen molar-refractivity contribution >= 4 is 27.3 Å². The van der Waals surface area contributed by atoms with Crippen LogP contribution < -0.4 is 5.73 Å². The third-order valence-corrected chi connectivity index (χ3v) is 5.65. The zero-order valence-electron chi connectivity index (χ0n) is 11.0. The van der Waals surface area contributed by atoms with Crippen LogP contribution in [0.4, 0.5) is 5.69 Å². The van der Waals surface area contributed by atoms with Crippen LogP contribution in [-0.4, -0.2) is 25.8 Å². The van der Waals surface area contributed by atoms with E-state index in [1.54, 1.807) is 13.0 Å². The number of aryl methyl sites for hydroxylation is 1. The lowest BCUT2D eigenvalue weighted by Crippen LogP contribution is -2.34. The van der Waals surface area contributed by atoms with E-state index in [9.17, 15) is 8.42 Å². The number of benzene rings is 1. The van der Waals surface area contributed by atoms with Gasteiger partial charge in [-0.2, -0.15) is 4.31 Å². The molecule has 2 rings (SSSR count). The SMILES string of the molecule is CC1=CCN(S(=O)(=O)c2cc(C)c(Cl)c(N)c2)CC1. The lowest BCUT2D eigenvalue weighted by molar-refractivity contribution is 0.431. The maximum absolute atomic E-state index is 12.5. The van der Waals surface area contributed by atoms with Gasteiger partial charge in [0.2, 0.25) is 10.0 Å². The van der Waals surface area contributed by atoms with Crippen LogP contribution in [0.5, 0.6) is 0 Å². The molecule has 104 valence electrons. The standard InChI is InChI=1S/C13H17ClN2O2S/c1-9-3-5-16(6-4-9)19(17,18)11-7-10(2)13(14)12(15)8-11/h3,7-8H,4-6,15H2,1-2H3. The fourth-order valence-electron chi connectivity index (χ4n) is 2.03. The van der Waals surface area contributed by atoms with Gasteiger partial charge in [0, 0.05) is 13.1 Å². The lowest BCUT2D eigenvalue weighted by atomic mass is 10.1. The number of nitrogen functional groups attached to an aromatic ring is 1. The van der Waals surface area contributed by atoms with E-state index in [1.165, 1.54) is 15.9 Å². The van der Waals surface area contributed by atoms with E-state index in [0.29, 0.717) is 29.4 Å². The predicted molar refractivity (Wildman–Crippen MR) is 77.7 cm³/mol. The summed E-state index contributed by atoms with van der Waals surface area (Å²) in [5.74, 6) is 0. The highest BCUT2D eigenvalue weighted by atomic mass is 35.5. The first-order valence-corrected chi connectivity index (χ1v) is 7.85. The van der Waals surface area contributed by atoms with Gasteiger partial charge in [0.1, 0.15) is 0 Å². The van der Waals surface area contributed by atoms with Gasteiger partial charge in [0.15, 0.2) is 0 Å². The summed E-state index contributed by atoms with van der Waals surface area (Å²) in [5, 5.41) is 0.410. The van der Waals surface area contributed by atoms with Gasteiger partial charge in [-0.25, -0.2) is 8.42 Å². The number of hydrogen-bond donors (Lipinski definition) is 1. The van der Waals surface area contributed by atoms with Crippen molar-refractivity contribution in [3.63, 3.8) is 0 Å². The van der Waals surface area contributed by atoms with Crippen LogP contribution in [-0.2, 0) is 10.0 Å². The largest absolute Gasteiger partial charge is 0.397 e. The second-order valence-electron chi connectivity index (χ2n) is 4.81. The molecule has 0 bridgehead atoms. The third-order valence-electron chi connectivity index (χ3n) is 3.29. The average Bonchev–Trinajstić information content (AvgIpc) is 2.35. The van der Waals surface area contributed by atoms with Gasteiger partial charge in [-0.05, 0) is 38.0 Å². The summed E-state index contributed by atoms with van der Waals surface area (Å²) in [4.78, 5) is 0.208. The first kappa shape index (κ1) is 14.4. The Morgan fingerprint density at radius 2 is 2.00 bits per heavy atom. The Balaban J connectivity index is 2.40. The monoisotopic (exact) mass is 300 g/mol. The van der Waals surface area contributed by atoms with Gasteiger partial charge < -0.3 is 5.73 Å². The van der Waals surface area contributed by atoms with Crippen molar-refractivity contribution in [1.82, 2.24) is 4.31 Å². The van der Waals surface area contributed by atoms with Crippen molar-refractivity contribution in [3.05, 3.63) is 34.4 Å². The summed E-state index contributed by atoms with van der Waals surface area (Å²) in [6.45, 7) is 4.67. The molecule has 6 heteroatoms. The molecule has 1 aliphatic rings. The van der Waals surface area contributed by atoms with Crippen LogP contribution in [0.1, 0.15) is 18.9 Å². The van der Waals surface area contributed by atoms with E-state index in [1.807, 2.05) is 13.0 Å². The van der Waals surface area contributed by atoms with E-state index < -0.39 is 10.0 Å². The Hall–Kier alpha value is -1.04. The minimum absolute atomic E-state index is 0.208. The summed E-state index contributed by atoms with van der Waals surface area (Å²) in [7, 11) is -3.50. The number of nitrogens with two attached hydrogens (primary N) is 1. The molecule has 1 aliphatic heterocycles. The maximum atomic E-state index is 12.5. The minimum Gasteiger partial charge on any atom is -0.397 e. The van der Waals surface area contributed by atoms with Crippen LogP contribution >= 0.6 is 11.6 Å². The quantitative estimate of drug-likeness (QED) is 0.674. The van der Waals surface area contributed by atoms with Crippen molar-refractivity contribution in [2.45, 2.75) is 25.2 Å². The zero-order chi connectivity index (χ0) is 14.2.